The molecule has 2 amide bonds. The predicted octanol–water partition coefficient (Wildman–Crippen LogP) is 2.45. The predicted molar refractivity (Wildman–Crippen MR) is 109 cm³/mol. The lowest BCUT2D eigenvalue weighted by Crippen LogP contribution is -2.51. The maximum atomic E-state index is 12.8. The highest BCUT2D eigenvalue weighted by atomic mass is 35.5. The van der Waals surface area contributed by atoms with Gasteiger partial charge in [0.05, 0.1) is 23.9 Å². The van der Waals surface area contributed by atoms with Gasteiger partial charge >= 0.3 is 0 Å². The number of pyridine rings is 1. The fraction of sp³-hybridized carbons (Fsp3) is 0.238. The Hall–Kier alpha value is -3.19. The van der Waals surface area contributed by atoms with Gasteiger partial charge in [0.25, 0.3) is 5.91 Å². The molecular weight excluding hydrogens is 390 g/mol. The van der Waals surface area contributed by atoms with E-state index in [1.807, 2.05) is 30.3 Å². The van der Waals surface area contributed by atoms with Crippen LogP contribution in [0.1, 0.15) is 16.1 Å². The third kappa shape index (κ3) is 4.46. The molecule has 0 saturated carbocycles. The summed E-state index contributed by atoms with van der Waals surface area (Å²) in [5.41, 5.74) is 2.06. The first-order chi connectivity index (χ1) is 14.1. The van der Waals surface area contributed by atoms with Gasteiger partial charge in [0.2, 0.25) is 5.91 Å². The number of carbonyl (C=O) groups excluding carboxylic acids is 2. The molecule has 7 nitrogen and oxygen atoms in total. The summed E-state index contributed by atoms with van der Waals surface area (Å²) in [6, 6.07) is 12.8. The Kier molecular flexibility index (Phi) is 5.57. The molecule has 1 aromatic carbocycles. The topological polar surface area (TPSA) is 71.3 Å². The van der Waals surface area contributed by atoms with E-state index in [1.54, 1.807) is 45.2 Å². The zero-order valence-corrected chi connectivity index (χ0v) is 16.5. The second kappa shape index (κ2) is 8.45. The van der Waals surface area contributed by atoms with Gasteiger partial charge in [-0.3, -0.25) is 14.6 Å². The molecule has 8 heteroatoms. The summed E-state index contributed by atoms with van der Waals surface area (Å²) in [5.74, 6) is -0.0559. The van der Waals surface area contributed by atoms with E-state index in [0.29, 0.717) is 36.8 Å². The van der Waals surface area contributed by atoms with Crippen LogP contribution in [0.25, 0.3) is 5.69 Å². The van der Waals surface area contributed by atoms with Gasteiger partial charge < -0.3 is 9.80 Å². The lowest BCUT2D eigenvalue weighted by Gasteiger charge is -2.34. The van der Waals surface area contributed by atoms with Gasteiger partial charge in [0.15, 0.2) is 0 Å². The zero-order valence-electron chi connectivity index (χ0n) is 15.7. The molecule has 0 atom stereocenters. The van der Waals surface area contributed by atoms with Crippen LogP contribution in [-0.2, 0) is 11.2 Å². The maximum Gasteiger partial charge on any atom is 0.257 e. The van der Waals surface area contributed by atoms with Gasteiger partial charge in [0, 0.05) is 49.3 Å². The second-order valence-electron chi connectivity index (χ2n) is 6.82. The highest BCUT2D eigenvalue weighted by molar-refractivity contribution is 6.30. The number of carbonyl (C=O) groups is 2. The molecule has 3 aromatic rings. The molecule has 2 aromatic heterocycles. The first-order valence-corrected chi connectivity index (χ1v) is 9.75. The quantitative estimate of drug-likeness (QED) is 0.663. The molecule has 1 saturated heterocycles. The smallest absolute Gasteiger partial charge is 0.257 e. The molecule has 1 aliphatic rings. The van der Waals surface area contributed by atoms with Crippen LogP contribution >= 0.6 is 11.6 Å². The first kappa shape index (κ1) is 19.1. The summed E-state index contributed by atoms with van der Waals surface area (Å²) in [5, 5.41) is 4.88. The van der Waals surface area contributed by atoms with Crippen LogP contribution in [-0.4, -0.2) is 62.6 Å². The minimum Gasteiger partial charge on any atom is -0.339 e. The minimum absolute atomic E-state index is 0.0320. The van der Waals surface area contributed by atoms with Crippen molar-refractivity contribution in [1.29, 1.82) is 0 Å². The second-order valence-corrected chi connectivity index (χ2v) is 7.26. The number of amides is 2. The van der Waals surface area contributed by atoms with E-state index in [0.717, 1.165) is 11.4 Å². The van der Waals surface area contributed by atoms with E-state index < -0.39 is 0 Å². The molecule has 3 heterocycles. The lowest BCUT2D eigenvalue weighted by atomic mass is 10.2. The minimum atomic E-state index is -0.0879. The van der Waals surface area contributed by atoms with Gasteiger partial charge in [-0.15, -0.1) is 0 Å². The molecule has 1 aliphatic heterocycles. The standard InChI is InChI=1S/C21H20ClN5O2/c22-17-4-3-6-19(12-17)27-15-16(14-24-27)21(29)26-10-8-25(9-11-26)20(28)13-18-5-1-2-7-23-18/h1-7,12,14-15H,8-11,13H2. The Labute approximate surface area is 173 Å². The maximum absolute atomic E-state index is 12.8. The third-order valence-electron chi connectivity index (χ3n) is 4.88. The van der Waals surface area contributed by atoms with E-state index in [1.165, 1.54) is 0 Å². The van der Waals surface area contributed by atoms with Crippen molar-refractivity contribution in [3.05, 3.63) is 77.3 Å². The van der Waals surface area contributed by atoms with Crippen LogP contribution in [0.2, 0.25) is 5.02 Å². The average Bonchev–Trinajstić information content (AvgIpc) is 3.24. The molecule has 1 fully saturated rings. The number of piperazine rings is 1. The van der Waals surface area contributed by atoms with Crippen LogP contribution in [0, 0.1) is 0 Å². The molecule has 4 rings (SSSR count). The fourth-order valence-electron chi connectivity index (χ4n) is 3.30. The van der Waals surface area contributed by atoms with Gasteiger partial charge in [-0.2, -0.15) is 5.10 Å². The van der Waals surface area contributed by atoms with E-state index in [9.17, 15) is 9.59 Å². The summed E-state index contributed by atoms with van der Waals surface area (Å²) in [6.07, 6.45) is 5.22. The summed E-state index contributed by atoms with van der Waals surface area (Å²) in [7, 11) is 0. The lowest BCUT2D eigenvalue weighted by molar-refractivity contribution is -0.132. The van der Waals surface area contributed by atoms with Crippen molar-refractivity contribution in [2.45, 2.75) is 6.42 Å². The Balaban J connectivity index is 1.35. The average molecular weight is 410 g/mol. The summed E-state index contributed by atoms with van der Waals surface area (Å²) in [4.78, 5) is 33.0. The molecule has 148 valence electrons. The van der Waals surface area contributed by atoms with Crippen molar-refractivity contribution >= 4 is 23.4 Å². The summed E-state index contributed by atoms with van der Waals surface area (Å²) >= 11 is 6.02. The molecule has 0 N–H and O–H groups in total. The SMILES string of the molecule is O=C(Cc1ccccn1)N1CCN(C(=O)c2cnn(-c3cccc(Cl)c3)c2)CC1. The number of halogens is 1. The van der Waals surface area contributed by atoms with Gasteiger partial charge in [-0.25, -0.2) is 4.68 Å². The van der Waals surface area contributed by atoms with E-state index in [-0.39, 0.29) is 18.2 Å². The highest BCUT2D eigenvalue weighted by Gasteiger charge is 2.25. The Bertz CT molecular complexity index is 1010. The van der Waals surface area contributed by atoms with E-state index >= 15 is 0 Å². The van der Waals surface area contributed by atoms with Crippen molar-refractivity contribution in [2.24, 2.45) is 0 Å². The number of benzene rings is 1. The first-order valence-electron chi connectivity index (χ1n) is 9.38. The van der Waals surface area contributed by atoms with E-state index in [2.05, 4.69) is 10.1 Å². The van der Waals surface area contributed by atoms with Crippen LogP contribution in [0.15, 0.2) is 61.1 Å². The normalized spacial score (nSPS) is 14.1. The largest absolute Gasteiger partial charge is 0.339 e. The molecular formula is C21H20ClN5O2. The van der Waals surface area contributed by atoms with Crippen molar-refractivity contribution in [3.8, 4) is 5.69 Å². The monoisotopic (exact) mass is 409 g/mol. The third-order valence-corrected chi connectivity index (χ3v) is 5.12. The number of aromatic nitrogens is 3. The number of hydrogen-bond donors (Lipinski definition) is 0. The number of nitrogens with zero attached hydrogens (tertiary/aromatic N) is 5. The Morgan fingerprint density at radius 1 is 1.00 bits per heavy atom. The number of rotatable bonds is 4. The summed E-state index contributed by atoms with van der Waals surface area (Å²) < 4.78 is 1.63. The van der Waals surface area contributed by atoms with Crippen molar-refractivity contribution < 1.29 is 9.59 Å². The molecule has 0 bridgehead atoms. The highest BCUT2D eigenvalue weighted by Crippen LogP contribution is 2.16. The zero-order chi connectivity index (χ0) is 20.2. The number of hydrogen-bond acceptors (Lipinski definition) is 4. The van der Waals surface area contributed by atoms with Crippen molar-refractivity contribution in [2.75, 3.05) is 26.2 Å². The van der Waals surface area contributed by atoms with Crippen LogP contribution < -0.4 is 0 Å². The fourth-order valence-corrected chi connectivity index (χ4v) is 3.49. The van der Waals surface area contributed by atoms with Crippen LogP contribution in [0.3, 0.4) is 0 Å². The Morgan fingerprint density at radius 2 is 1.79 bits per heavy atom. The van der Waals surface area contributed by atoms with E-state index in [4.69, 9.17) is 11.6 Å². The molecule has 29 heavy (non-hydrogen) atoms. The van der Waals surface area contributed by atoms with Gasteiger partial charge in [-0.05, 0) is 30.3 Å². The van der Waals surface area contributed by atoms with Gasteiger partial charge in [-0.1, -0.05) is 23.7 Å². The van der Waals surface area contributed by atoms with Crippen molar-refractivity contribution in [1.82, 2.24) is 24.6 Å². The van der Waals surface area contributed by atoms with Crippen LogP contribution in [0.5, 0.6) is 0 Å². The van der Waals surface area contributed by atoms with Crippen molar-refractivity contribution in [3.63, 3.8) is 0 Å². The molecule has 0 spiro atoms. The molecule has 0 aliphatic carbocycles. The van der Waals surface area contributed by atoms with Gasteiger partial charge in [0.1, 0.15) is 0 Å². The molecule has 0 unspecified atom stereocenters. The summed E-state index contributed by atoms with van der Waals surface area (Å²) in [6.45, 7) is 2.02. The van der Waals surface area contributed by atoms with Crippen LogP contribution in [0.4, 0.5) is 0 Å². The molecule has 0 radical (unpaired) electrons. The Morgan fingerprint density at radius 3 is 2.52 bits per heavy atom.